The van der Waals surface area contributed by atoms with Crippen LogP contribution in [0.15, 0.2) is 30.3 Å². The van der Waals surface area contributed by atoms with Gasteiger partial charge in [0.2, 0.25) is 0 Å². The molecule has 0 amide bonds. The second kappa shape index (κ2) is 13.4. The maximum absolute atomic E-state index is 2.46. The van der Waals surface area contributed by atoms with Crippen LogP contribution >= 0.6 is 0 Å². The van der Waals surface area contributed by atoms with Gasteiger partial charge in [0.25, 0.3) is 0 Å². The molecule has 1 aromatic rings. The second-order valence-corrected chi connectivity index (χ2v) is 9.06. The van der Waals surface area contributed by atoms with Gasteiger partial charge in [-0.15, -0.1) is 0 Å². The molecule has 25 heavy (non-hydrogen) atoms. The zero-order chi connectivity index (χ0) is 18.5. The van der Waals surface area contributed by atoms with Gasteiger partial charge in [-0.2, -0.15) is 0 Å². The molecule has 0 heteroatoms. The highest BCUT2D eigenvalue weighted by molar-refractivity contribution is 5.18. The lowest BCUT2D eigenvalue weighted by Crippen LogP contribution is -2.00. The maximum Gasteiger partial charge on any atom is -0.0190 e. The van der Waals surface area contributed by atoms with E-state index in [-0.39, 0.29) is 0 Å². The summed E-state index contributed by atoms with van der Waals surface area (Å²) in [5, 5.41) is 0. The van der Waals surface area contributed by atoms with Crippen LogP contribution in [0.2, 0.25) is 0 Å². The molecule has 0 aliphatic carbocycles. The minimum atomic E-state index is 0.711. The fraction of sp³-hybridized carbons (Fsp3) is 0.760. The minimum absolute atomic E-state index is 0.711. The molecule has 0 aromatic heterocycles. The van der Waals surface area contributed by atoms with E-state index in [0.29, 0.717) is 5.92 Å². The molecule has 0 saturated heterocycles. The summed E-state index contributed by atoms with van der Waals surface area (Å²) in [6.45, 7) is 12.0. The van der Waals surface area contributed by atoms with Gasteiger partial charge in [0.15, 0.2) is 0 Å². The summed E-state index contributed by atoms with van der Waals surface area (Å²) < 4.78 is 0. The Morgan fingerprint density at radius 1 is 0.560 bits per heavy atom. The van der Waals surface area contributed by atoms with E-state index < -0.39 is 0 Å². The standard InChI is InChI=1S/C25H44/c1-21(2)13-11-15-23(4)17-12-16-22(3)14-9-10-18-24(5)25-19-7-6-8-20-25/h6-8,19-24H,9-18H2,1-5H3. The number of hydrogen-bond donors (Lipinski definition) is 0. The molecule has 0 heterocycles. The van der Waals surface area contributed by atoms with Crippen LogP contribution in [-0.2, 0) is 0 Å². The zero-order valence-electron chi connectivity index (χ0n) is 17.8. The van der Waals surface area contributed by atoms with Crippen molar-refractivity contribution in [3.63, 3.8) is 0 Å². The van der Waals surface area contributed by atoms with E-state index in [1.807, 2.05) is 0 Å². The number of rotatable bonds is 14. The van der Waals surface area contributed by atoms with Crippen LogP contribution in [0.25, 0.3) is 0 Å². The van der Waals surface area contributed by atoms with E-state index in [0.717, 1.165) is 17.8 Å². The topological polar surface area (TPSA) is 0 Å². The van der Waals surface area contributed by atoms with Crippen LogP contribution in [-0.4, -0.2) is 0 Å². The third-order valence-electron chi connectivity index (χ3n) is 5.82. The normalized spacial score (nSPS) is 15.3. The molecular weight excluding hydrogens is 300 g/mol. The highest BCUT2D eigenvalue weighted by atomic mass is 14.1. The van der Waals surface area contributed by atoms with Gasteiger partial charge < -0.3 is 0 Å². The lowest BCUT2D eigenvalue weighted by molar-refractivity contribution is 0.385. The predicted octanol–water partition coefficient (Wildman–Crippen LogP) is 8.62. The summed E-state index contributed by atoms with van der Waals surface area (Å²) in [6.07, 6.45) is 14.1. The third-order valence-corrected chi connectivity index (χ3v) is 5.82. The van der Waals surface area contributed by atoms with Crippen molar-refractivity contribution in [1.29, 1.82) is 0 Å². The Bertz CT molecular complexity index is 405. The molecule has 0 aliphatic rings. The van der Waals surface area contributed by atoms with Crippen molar-refractivity contribution >= 4 is 0 Å². The maximum atomic E-state index is 2.46. The molecule has 1 rings (SSSR count). The quantitative estimate of drug-likeness (QED) is 0.296. The van der Waals surface area contributed by atoms with Crippen molar-refractivity contribution in [2.24, 2.45) is 17.8 Å². The molecule has 0 aliphatic heterocycles. The Balaban J connectivity index is 2.00. The Kier molecular flexibility index (Phi) is 12.0. The third kappa shape index (κ3) is 11.4. The predicted molar refractivity (Wildman–Crippen MR) is 114 cm³/mol. The van der Waals surface area contributed by atoms with E-state index in [9.17, 15) is 0 Å². The highest BCUT2D eigenvalue weighted by Crippen LogP contribution is 2.24. The van der Waals surface area contributed by atoms with Crippen LogP contribution in [0.1, 0.15) is 110 Å². The largest absolute Gasteiger partial charge is 0.0628 e. The van der Waals surface area contributed by atoms with Crippen molar-refractivity contribution in [3.8, 4) is 0 Å². The van der Waals surface area contributed by atoms with Crippen molar-refractivity contribution < 1.29 is 0 Å². The summed E-state index contributed by atoms with van der Waals surface area (Å²) >= 11 is 0. The molecule has 0 fully saturated rings. The molecule has 0 nitrogen and oxygen atoms in total. The molecular formula is C25H44. The van der Waals surface area contributed by atoms with Crippen molar-refractivity contribution in [2.45, 2.75) is 105 Å². The minimum Gasteiger partial charge on any atom is -0.0628 e. The Hall–Kier alpha value is -0.780. The molecule has 0 bridgehead atoms. The zero-order valence-corrected chi connectivity index (χ0v) is 17.8. The first kappa shape index (κ1) is 22.3. The van der Waals surface area contributed by atoms with Crippen molar-refractivity contribution in [3.05, 3.63) is 35.9 Å². The lowest BCUT2D eigenvalue weighted by Gasteiger charge is -2.16. The van der Waals surface area contributed by atoms with E-state index in [1.165, 1.54) is 69.8 Å². The molecule has 3 unspecified atom stereocenters. The van der Waals surface area contributed by atoms with Crippen molar-refractivity contribution in [1.82, 2.24) is 0 Å². The molecule has 0 spiro atoms. The average molecular weight is 345 g/mol. The second-order valence-electron chi connectivity index (χ2n) is 9.06. The number of benzene rings is 1. The number of hydrogen-bond acceptors (Lipinski definition) is 0. The van der Waals surface area contributed by atoms with Crippen LogP contribution in [0.5, 0.6) is 0 Å². The Morgan fingerprint density at radius 2 is 1.04 bits per heavy atom. The summed E-state index contributed by atoms with van der Waals surface area (Å²) in [6, 6.07) is 11.0. The van der Waals surface area contributed by atoms with E-state index in [1.54, 1.807) is 0 Å². The van der Waals surface area contributed by atoms with Gasteiger partial charge in [0.1, 0.15) is 0 Å². The summed E-state index contributed by atoms with van der Waals surface area (Å²) in [7, 11) is 0. The van der Waals surface area contributed by atoms with E-state index in [4.69, 9.17) is 0 Å². The molecule has 144 valence electrons. The molecule has 0 N–H and O–H groups in total. The molecule has 3 atom stereocenters. The highest BCUT2D eigenvalue weighted by Gasteiger charge is 2.08. The summed E-state index contributed by atoms with van der Waals surface area (Å²) in [5.41, 5.74) is 1.50. The van der Waals surface area contributed by atoms with Crippen LogP contribution in [0, 0.1) is 17.8 Å². The first-order valence-corrected chi connectivity index (χ1v) is 11.0. The fourth-order valence-corrected chi connectivity index (χ4v) is 3.87. The lowest BCUT2D eigenvalue weighted by atomic mass is 9.90. The van der Waals surface area contributed by atoms with E-state index >= 15 is 0 Å². The SMILES string of the molecule is CC(C)CCCC(C)CCCC(C)CCCCC(C)c1ccccc1. The van der Waals surface area contributed by atoms with Crippen LogP contribution < -0.4 is 0 Å². The average Bonchev–Trinajstić information content (AvgIpc) is 2.59. The van der Waals surface area contributed by atoms with Crippen LogP contribution in [0.4, 0.5) is 0 Å². The van der Waals surface area contributed by atoms with Crippen LogP contribution in [0.3, 0.4) is 0 Å². The van der Waals surface area contributed by atoms with Gasteiger partial charge in [0.05, 0.1) is 0 Å². The van der Waals surface area contributed by atoms with Gasteiger partial charge in [0, 0.05) is 0 Å². The first-order valence-electron chi connectivity index (χ1n) is 11.0. The molecule has 1 aromatic carbocycles. The smallest absolute Gasteiger partial charge is 0.0190 e. The van der Waals surface area contributed by atoms with Gasteiger partial charge in [-0.1, -0.05) is 123 Å². The molecule has 0 radical (unpaired) electrons. The Labute approximate surface area is 158 Å². The van der Waals surface area contributed by atoms with Gasteiger partial charge in [-0.05, 0) is 35.7 Å². The summed E-state index contributed by atoms with van der Waals surface area (Å²) in [4.78, 5) is 0. The van der Waals surface area contributed by atoms with E-state index in [2.05, 4.69) is 65.0 Å². The first-order chi connectivity index (χ1) is 12.0. The number of unbranched alkanes of at least 4 members (excludes halogenated alkanes) is 1. The van der Waals surface area contributed by atoms with Gasteiger partial charge in [-0.25, -0.2) is 0 Å². The van der Waals surface area contributed by atoms with Gasteiger partial charge in [-0.3, -0.25) is 0 Å². The molecule has 0 saturated carbocycles. The van der Waals surface area contributed by atoms with Gasteiger partial charge >= 0.3 is 0 Å². The summed E-state index contributed by atoms with van der Waals surface area (Å²) in [5.74, 6) is 3.42. The fourth-order valence-electron chi connectivity index (χ4n) is 3.87. The Morgan fingerprint density at radius 3 is 1.60 bits per heavy atom. The monoisotopic (exact) mass is 344 g/mol. The van der Waals surface area contributed by atoms with Crippen molar-refractivity contribution in [2.75, 3.05) is 0 Å².